The molecule has 0 aliphatic heterocycles. The monoisotopic (exact) mass is 206 g/mol. The quantitative estimate of drug-likeness (QED) is 0.822. The summed E-state index contributed by atoms with van der Waals surface area (Å²) in [6, 6.07) is 4.23. The van der Waals surface area contributed by atoms with Crippen molar-refractivity contribution in [3.8, 4) is 5.75 Å². The Kier molecular flexibility index (Phi) is 2.47. The molecule has 1 aliphatic carbocycles. The third-order valence-electron chi connectivity index (χ3n) is 3.08. The number of hydrogen-bond donors (Lipinski definition) is 1. The number of aliphatic hydroxyl groups is 1. The van der Waals surface area contributed by atoms with E-state index in [0.717, 1.165) is 36.1 Å². The van der Waals surface area contributed by atoms with Crippen molar-refractivity contribution in [1.82, 2.24) is 0 Å². The minimum absolute atomic E-state index is 0.409. The van der Waals surface area contributed by atoms with Crippen molar-refractivity contribution >= 4 is 0 Å². The number of ether oxygens (including phenoxy) is 1. The Morgan fingerprint density at radius 2 is 1.80 bits per heavy atom. The molecule has 0 radical (unpaired) electrons. The van der Waals surface area contributed by atoms with Gasteiger partial charge in [0.1, 0.15) is 5.75 Å². The molecule has 0 aromatic heterocycles. The lowest BCUT2D eigenvalue weighted by Gasteiger charge is -2.13. The van der Waals surface area contributed by atoms with Crippen molar-refractivity contribution in [2.24, 2.45) is 0 Å². The van der Waals surface area contributed by atoms with Crippen molar-refractivity contribution in [3.05, 3.63) is 28.8 Å². The SMILES string of the molecule is COc1c(C)cc(CC2(O)CC2)cc1C. The van der Waals surface area contributed by atoms with Crippen molar-refractivity contribution < 1.29 is 9.84 Å². The van der Waals surface area contributed by atoms with Gasteiger partial charge in [-0.05, 0) is 43.4 Å². The third-order valence-corrected chi connectivity index (χ3v) is 3.08. The van der Waals surface area contributed by atoms with Gasteiger partial charge in [0.15, 0.2) is 0 Å². The van der Waals surface area contributed by atoms with E-state index >= 15 is 0 Å². The number of aryl methyl sites for hydroxylation is 2. The van der Waals surface area contributed by atoms with Crippen LogP contribution < -0.4 is 4.74 Å². The number of methoxy groups -OCH3 is 1. The van der Waals surface area contributed by atoms with Gasteiger partial charge in [-0.15, -0.1) is 0 Å². The summed E-state index contributed by atoms with van der Waals surface area (Å²) < 4.78 is 5.31. The van der Waals surface area contributed by atoms with Crippen LogP contribution in [0.3, 0.4) is 0 Å². The molecule has 82 valence electrons. The number of hydrogen-bond acceptors (Lipinski definition) is 2. The first-order valence-corrected chi connectivity index (χ1v) is 5.40. The zero-order valence-electron chi connectivity index (χ0n) is 9.63. The molecule has 1 saturated carbocycles. The summed E-state index contributed by atoms with van der Waals surface area (Å²) in [5.74, 6) is 0.960. The van der Waals surface area contributed by atoms with Crippen LogP contribution in [0.15, 0.2) is 12.1 Å². The molecule has 1 fully saturated rings. The van der Waals surface area contributed by atoms with E-state index in [1.165, 1.54) is 5.56 Å². The van der Waals surface area contributed by atoms with E-state index < -0.39 is 5.60 Å². The second-order valence-electron chi connectivity index (χ2n) is 4.66. The first-order chi connectivity index (χ1) is 7.04. The molecule has 1 N–H and O–H groups in total. The van der Waals surface area contributed by atoms with E-state index in [-0.39, 0.29) is 0 Å². The molecule has 0 spiro atoms. The Bertz CT molecular complexity index is 355. The fraction of sp³-hybridized carbons (Fsp3) is 0.538. The van der Waals surface area contributed by atoms with Crippen LogP contribution in [0.2, 0.25) is 0 Å². The molecular weight excluding hydrogens is 188 g/mol. The van der Waals surface area contributed by atoms with Gasteiger partial charge in [0.2, 0.25) is 0 Å². The van der Waals surface area contributed by atoms with E-state index in [1.807, 2.05) is 13.8 Å². The van der Waals surface area contributed by atoms with Crippen LogP contribution in [0.1, 0.15) is 29.5 Å². The standard InChI is InChI=1S/C13H18O2/c1-9-6-11(8-13(14)4-5-13)7-10(2)12(9)15-3/h6-7,14H,4-5,8H2,1-3H3. The van der Waals surface area contributed by atoms with Crippen molar-refractivity contribution in [3.63, 3.8) is 0 Å². The largest absolute Gasteiger partial charge is 0.496 e. The summed E-state index contributed by atoms with van der Waals surface area (Å²) in [6.07, 6.45) is 2.66. The molecule has 0 amide bonds. The maximum absolute atomic E-state index is 9.86. The van der Waals surface area contributed by atoms with Crippen LogP contribution >= 0.6 is 0 Å². The minimum Gasteiger partial charge on any atom is -0.496 e. The van der Waals surface area contributed by atoms with Crippen LogP contribution in [0.5, 0.6) is 5.75 Å². The van der Waals surface area contributed by atoms with Gasteiger partial charge in [-0.2, -0.15) is 0 Å². The van der Waals surface area contributed by atoms with E-state index in [4.69, 9.17) is 4.74 Å². The fourth-order valence-corrected chi connectivity index (χ4v) is 2.17. The summed E-state index contributed by atoms with van der Waals surface area (Å²) in [6.45, 7) is 4.10. The van der Waals surface area contributed by atoms with Gasteiger partial charge in [-0.1, -0.05) is 12.1 Å². The van der Waals surface area contributed by atoms with Crippen LogP contribution in [0, 0.1) is 13.8 Å². The lowest BCUT2D eigenvalue weighted by Crippen LogP contribution is -2.11. The molecule has 0 heterocycles. The second kappa shape index (κ2) is 3.53. The Morgan fingerprint density at radius 1 is 1.27 bits per heavy atom. The summed E-state index contributed by atoms with van der Waals surface area (Å²) >= 11 is 0. The third kappa shape index (κ3) is 2.15. The van der Waals surface area contributed by atoms with Gasteiger partial charge < -0.3 is 9.84 Å². The summed E-state index contributed by atoms with van der Waals surface area (Å²) in [7, 11) is 1.70. The molecule has 0 atom stereocenters. The van der Waals surface area contributed by atoms with Gasteiger partial charge in [0.25, 0.3) is 0 Å². The maximum atomic E-state index is 9.86. The Labute approximate surface area is 90.9 Å². The lowest BCUT2D eigenvalue weighted by atomic mass is 10.0. The van der Waals surface area contributed by atoms with Crippen LogP contribution in [-0.4, -0.2) is 17.8 Å². The van der Waals surface area contributed by atoms with Crippen molar-refractivity contribution in [2.45, 2.75) is 38.7 Å². The smallest absolute Gasteiger partial charge is 0.124 e. The highest BCUT2D eigenvalue weighted by Gasteiger charge is 2.40. The van der Waals surface area contributed by atoms with Crippen molar-refractivity contribution in [2.75, 3.05) is 7.11 Å². The first kappa shape index (κ1) is 10.5. The van der Waals surface area contributed by atoms with Crippen LogP contribution in [0.4, 0.5) is 0 Å². The fourth-order valence-electron chi connectivity index (χ4n) is 2.17. The van der Waals surface area contributed by atoms with Gasteiger partial charge in [0.05, 0.1) is 12.7 Å². The highest BCUT2D eigenvalue weighted by atomic mass is 16.5. The van der Waals surface area contributed by atoms with E-state index in [9.17, 15) is 5.11 Å². The first-order valence-electron chi connectivity index (χ1n) is 5.40. The molecule has 0 unspecified atom stereocenters. The van der Waals surface area contributed by atoms with Gasteiger partial charge in [-0.3, -0.25) is 0 Å². The van der Waals surface area contributed by atoms with Gasteiger partial charge >= 0.3 is 0 Å². The Morgan fingerprint density at radius 3 is 2.20 bits per heavy atom. The molecule has 2 nitrogen and oxygen atoms in total. The molecule has 2 heteroatoms. The van der Waals surface area contributed by atoms with Gasteiger partial charge in [0, 0.05) is 6.42 Å². The number of rotatable bonds is 3. The molecule has 0 saturated heterocycles. The molecule has 1 aromatic carbocycles. The number of benzene rings is 1. The Hall–Kier alpha value is -1.02. The minimum atomic E-state index is -0.409. The predicted octanol–water partition coefficient (Wildman–Crippen LogP) is 2.38. The highest BCUT2D eigenvalue weighted by Crippen LogP contribution is 2.39. The van der Waals surface area contributed by atoms with Crippen LogP contribution in [-0.2, 0) is 6.42 Å². The maximum Gasteiger partial charge on any atom is 0.124 e. The van der Waals surface area contributed by atoms with Crippen LogP contribution in [0.25, 0.3) is 0 Å². The predicted molar refractivity (Wildman–Crippen MR) is 60.4 cm³/mol. The molecule has 1 aliphatic rings. The molecule has 1 aromatic rings. The highest BCUT2D eigenvalue weighted by molar-refractivity contribution is 5.43. The summed E-state index contributed by atoms with van der Waals surface area (Å²) in [5.41, 5.74) is 3.10. The normalized spacial score (nSPS) is 17.6. The molecule has 15 heavy (non-hydrogen) atoms. The van der Waals surface area contributed by atoms with E-state index in [2.05, 4.69) is 12.1 Å². The Balaban J connectivity index is 2.26. The molecule has 0 bridgehead atoms. The summed E-state index contributed by atoms with van der Waals surface area (Å²) in [5, 5.41) is 9.86. The molecular formula is C13H18O2. The van der Waals surface area contributed by atoms with Crippen molar-refractivity contribution in [1.29, 1.82) is 0 Å². The molecule has 2 rings (SSSR count). The van der Waals surface area contributed by atoms with E-state index in [1.54, 1.807) is 7.11 Å². The van der Waals surface area contributed by atoms with Gasteiger partial charge in [-0.25, -0.2) is 0 Å². The second-order valence-corrected chi connectivity index (χ2v) is 4.66. The lowest BCUT2D eigenvalue weighted by molar-refractivity contribution is 0.151. The topological polar surface area (TPSA) is 29.5 Å². The average molecular weight is 206 g/mol. The zero-order valence-corrected chi connectivity index (χ0v) is 9.63. The average Bonchev–Trinajstić information content (AvgIpc) is 2.82. The summed E-state index contributed by atoms with van der Waals surface area (Å²) in [4.78, 5) is 0. The van der Waals surface area contributed by atoms with E-state index in [0.29, 0.717) is 0 Å². The zero-order chi connectivity index (χ0) is 11.1.